The molecule has 0 aliphatic carbocycles. The molecular weight excluding hydrogens is 354 g/mol. The summed E-state index contributed by atoms with van der Waals surface area (Å²) in [5, 5.41) is 9.46. The van der Waals surface area contributed by atoms with Crippen LogP contribution in [0.4, 0.5) is 0 Å². The van der Waals surface area contributed by atoms with E-state index in [2.05, 4.69) is 0 Å². The van der Waals surface area contributed by atoms with Crippen LogP contribution in [0.15, 0.2) is 30.3 Å². The van der Waals surface area contributed by atoms with Gasteiger partial charge in [0.1, 0.15) is 0 Å². The molecule has 0 saturated carbocycles. The Morgan fingerprint density at radius 3 is 1.90 bits per heavy atom. The molecule has 3 heteroatoms. The van der Waals surface area contributed by atoms with Gasteiger partial charge < -0.3 is 5.11 Å². The van der Waals surface area contributed by atoms with E-state index in [9.17, 15) is 5.11 Å². The lowest BCUT2D eigenvalue weighted by Gasteiger charge is -2.12. The molecule has 1 N–H and O–H groups in total. The topological polar surface area (TPSA) is 20.2 Å². The maximum absolute atomic E-state index is 9.46. The fraction of sp³-hybridized carbons (Fsp3) is 0.143. The van der Waals surface area contributed by atoms with Crippen LogP contribution in [0.2, 0.25) is 0 Å². The zero-order valence-corrected chi connectivity index (χ0v) is 9.40. The number of hydrogen-bond acceptors (Lipinski definition) is 1. The highest BCUT2D eigenvalue weighted by molar-refractivity contribution is 14.2. The van der Waals surface area contributed by atoms with Crippen LogP contribution in [0.5, 0.6) is 0 Å². The summed E-state index contributed by atoms with van der Waals surface area (Å²) >= 11 is 3.97. The molecule has 0 unspecified atom stereocenters. The van der Waals surface area contributed by atoms with Crippen LogP contribution in [0, 0.1) is 0 Å². The summed E-state index contributed by atoms with van der Waals surface area (Å²) in [4.78, 5) is 0. The highest BCUT2D eigenvalue weighted by atomic mass is 127. The first-order valence-electron chi connectivity index (χ1n) is 2.76. The molecule has 0 amide bonds. The van der Waals surface area contributed by atoms with Gasteiger partial charge in [-0.3, -0.25) is 0 Å². The smallest absolute Gasteiger partial charge is 0.192 e. The average Bonchev–Trinajstić information content (AvgIpc) is 1.88. The van der Waals surface area contributed by atoms with E-state index in [1.807, 2.05) is 75.5 Å². The second kappa shape index (κ2) is 3.36. The highest BCUT2D eigenvalue weighted by Crippen LogP contribution is 2.35. The van der Waals surface area contributed by atoms with Gasteiger partial charge in [-0.25, -0.2) is 0 Å². The van der Waals surface area contributed by atoms with E-state index >= 15 is 0 Å². The first-order chi connectivity index (χ1) is 4.61. The Kier molecular flexibility index (Phi) is 2.93. The number of halogens is 2. The summed E-state index contributed by atoms with van der Waals surface area (Å²) in [6.07, 6.45) is 0. The molecule has 0 aromatic heterocycles. The van der Waals surface area contributed by atoms with Gasteiger partial charge >= 0.3 is 0 Å². The third-order valence-corrected chi connectivity index (χ3v) is 2.37. The monoisotopic (exact) mass is 360 g/mol. The van der Waals surface area contributed by atoms with Crippen molar-refractivity contribution >= 4 is 45.2 Å². The number of aliphatic hydroxyl groups is 1. The second-order valence-electron chi connectivity index (χ2n) is 1.91. The van der Waals surface area contributed by atoms with Crippen LogP contribution in [0.1, 0.15) is 5.56 Å². The second-order valence-corrected chi connectivity index (χ2v) is 7.09. The van der Waals surface area contributed by atoms with Crippen molar-refractivity contribution < 1.29 is 5.11 Å². The van der Waals surface area contributed by atoms with E-state index in [-0.39, 0.29) is 0 Å². The van der Waals surface area contributed by atoms with Crippen molar-refractivity contribution in [3.63, 3.8) is 0 Å². The van der Waals surface area contributed by atoms with E-state index in [1.165, 1.54) is 0 Å². The highest BCUT2D eigenvalue weighted by Gasteiger charge is 2.18. The lowest BCUT2D eigenvalue weighted by molar-refractivity contribution is 0.269. The Morgan fingerprint density at radius 1 is 1.10 bits per heavy atom. The van der Waals surface area contributed by atoms with Crippen molar-refractivity contribution in [2.24, 2.45) is 0 Å². The van der Waals surface area contributed by atoms with Crippen LogP contribution in [-0.4, -0.2) is 5.11 Å². The summed E-state index contributed by atoms with van der Waals surface area (Å²) < 4.78 is -0.767. The number of rotatable bonds is 1. The maximum Gasteiger partial charge on any atom is 0.192 e. The molecule has 54 valence electrons. The van der Waals surface area contributed by atoms with Crippen molar-refractivity contribution in [1.29, 1.82) is 0 Å². The molecular formula is C7H6I2O. The Bertz CT molecular complexity index is 203. The van der Waals surface area contributed by atoms with Crippen molar-refractivity contribution in [3.05, 3.63) is 35.9 Å². The predicted octanol–water partition coefficient (Wildman–Crippen LogP) is 2.66. The van der Waals surface area contributed by atoms with Gasteiger partial charge in [-0.1, -0.05) is 30.3 Å². The summed E-state index contributed by atoms with van der Waals surface area (Å²) in [7, 11) is 0. The number of benzene rings is 1. The summed E-state index contributed by atoms with van der Waals surface area (Å²) in [5.74, 6) is 0. The van der Waals surface area contributed by atoms with Gasteiger partial charge in [-0.05, 0) is 45.2 Å². The standard InChI is InChI=1S/C7H6I2O/c8-7(9,10)6-4-2-1-3-5-6/h1-5,10H. The third kappa shape index (κ3) is 2.35. The van der Waals surface area contributed by atoms with Crippen LogP contribution < -0.4 is 0 Å². The van der Waals surface area contributed by atoms with Crippen molar-refractivity contribution in [3.8, 4) is 0 Å². The Hall–Kier alpha value is 0.640. The van der Waals surface area contributed by atoms with Crippen molar-refractivity contribution in [2.75, 3.05) is 0 Å². The Morgan fingerprint density at radius 2 is 1.60 bits per heavy atom. The maximum atomic E-state index is 9.46. The molecule has 0 aliphatic rings. The molecule has 0 radical (unpaired) electrons. The Labute approximate surface area is 87.1 Å². The first kappa shape index (κ1) is 8.73. The fourth-order valence-corrected chi connectivity index (χ4v) is 1.36. The van der Waals surface area contributed by atoms with Gasteiger partial charge in [-0.15, -0.1) is 0 Å². The van der Waals surface area contributed by atoms with Gasteiger partial charge in [0, 0.05) is 5.56 Å². The van der Waals surface area contributed by atoms with E-state index in [0.29, 0.717) is 0 Å². The zero-order chi connectivity index (χ0) is 7.61. The minimum absolute atomic E-state index is 0.767. The molecule has 0 bridgehead atoms. The number of hydrogen-bond donors (Lipinski definition) is 1. The molecule has 0 fully saturated rings. The molecule has 10 heavy (non-hydrogen) atoms. The van der Waals surface area contributed by atoms with E-state index < -0.39 is 1.61 Å². The lowest BCUT2D eigenvalue weighted by atomic mass is 10.2. The molecule has 1 aromatic carbocycles. The quantitative estimate of drug-likeness (QED) is 0.603. The number of alkyl halides is 2. The van der Waals surface area contributed by atoms with Crippen LogP contribution in [-0.2, 0) is 1.61 Å². The average molecular weight is 360 g/mol. The fourth-order valence-electron chi connectivity index (χ4n) is 0.639. The van der Waals surface area contributed by atoms with Gasteiger partial charge in [0.15, 0.2) is 1.61 Å². The molecule has 0 saturated heterocycles. The largest absolute Gasteiger partial charge is 0.367 e. The van der Waals surface area contributed by atoms with Gasteiger partial charge in [0.25, 0.3) is 0 Å². The minimum atomic E-state index is -0.767. The third-order valence-electron chi connectivity index (χ3n) is 1.12. The summed E-state index contributed by atoms with van der Waals surface area (Å²) in [6, 6.07) is 9.57. The molecule has 1 nitrogen and oxygen atoms in total. The zero-order valence-electron chi connectivity index (χ0n) is 5.09. The molecule has 0 heterocycles. The van der Waals surface area contributed by atoms with Crippen molar-refractivity contribution in [2.45, 2.75) is 1.61 Å². The van der Waals surface area contributed by atoms with E-state index in [1.54, 1.807) is 0 Å². The summed E-state index contributed by atoms with van der Waals surface area (Å²) in [6.45, 7) is 0. The Balaban J connectivity index is 2.97. The lowest BCUT2D eigenvalue weighted by Crippen LogP contribution is -2.04. The minimum Gasteiger partial charge on any atom is -0.367 e. The molecule has 0 atom stereocenters. The first-order valence-corrected chi connectivity index (χ1v) is 4.92. The van der Waals surface area contributed by atoms with Crippen LogP contribution in [0.25, 0.3) is 0 Å². The van der Waals surface area contributed by atoms with Crippen molar-refractivity contribution in [1.82, 2.24) is 0 Å². The van der Waals surface area contributed by atoms with Gasteiger partial charge in [0.05, 0.1) is 0 Å². The van der Waals surface area contributed by atoms with E-state index in [4.69, 9.17) is 0 Å². The van der Waals surface area contributed by atoms with Gasteiger partial charge in [0.2, 0.25) is 0 Å². The van der Waals surface area contributed by atoms with Crippen LogP contribution >= 0.6 is 45.2 Å². The summed E-state index contributed by atoms with van der Waals surface area (Å²) in [5.41, 5.74) is 0.927. The van der Waals surface area contributed by atoms with Crippen LogP contribution in [0.3, 0.4) is 0 Å². The molecule has 0 spiro atoms. The SMILES string of the molecule is OC(I)(I)c1ccccc1. The van der Waals surface area contributed by atoms with Gasteiger partial charge in [-0.2, -0.15) is 0 Å². The van der Waals surface area contributed by atoms with E-state index in [0.717, 1.165) is 5.56 Å². The molecule has 1 aromatic rings. The molecule has 1 rings (SSSR count). The normalized spacial score (nSPS) is 11.5. The predicted molar refractivity (Wildman–Crippen MR) is 58.4 cm³/mol. The molecule has 0 aliphatic heterocycles.